The lowest BCUT2D eigenvalue weighted by atomic mass is 9.82. The van der Waals surface area contributed by atoms with E-state index in [2.05, 4.69) is 21.9 Å². The van der Waals surface area contributed by atoms with Crippen molar-refractivity contribution >= 4 is 23.1 Å². The van der Waals surface area contributed by atoms with E-state index in [1.807, 2.05) is 57.2 Å². The van der Waals surface area contributed by atoms with Crippen LogP contribution in [0.3, 0.4) is 0 Å². The van der Waals surface area contributed by atoms with Gasteiger partial charge in [-0.3, -0.25) is 9.59 Å². The summed E-state index contributed by atoms with van der Waals surface area (Å²) in [5.74, 6) is 0.0474. The molecule has 4 rings (SSSR count). The second-order valence-corrected chi connectivity index (χ2v) is 8.90. The van der Waals surface area contributed by atoms with Crippen LogP contribution >= 0.6 is 0 Å². The summed E-state index contributed by atoms with van der Waals surface area (Å²) in [7, 11) is 0. The number of carbonyl (C=O) groups excluding carboxylic acids is 2. The summed E-state index contributed by atoms with van der Waals surface area (Å²) in [6, 6.07) is 15.5. The van der Waals surface area contributed by atoms with Gasteiger partial charge >= 0.3 is 0 Å². The molecule has 0 aromatic heterocycles. The number of aryl methyl sites for hydroxylation is 1. The number of hydrogen-bond donors (Lipinski definition) is 2. The highest BCUT2D eigenvalue weighted by atomic mass is 16.2. The summed E-state index contributed by atoms with van der Waals surface area (Å²) in [6.45, 7) is 5.73. The molecule has 6 heteroatoms. The average molecular weight is 427 g/mol. The summed E-state index contributed by atoms with van der Waals surface area (Å²) < 4.78 is 0. The lowest BCUT2D eigenvalue weighted by molar-refractivity contribution is -0.125. The maximum atomic E-state index is 12.7. The van der Waals surface area contributed by atoms with Gasteiger partial charge in [0.25, 0.3) is 5.91 Å². The van der Waals surface area contributed by atoms with E-state index in [1.165, 1.54) is 0 Å². The van der Waals surface area contributed by atoms with Crippen LogP contribution in [-0.2, 0) is 16.0 Å². The monoisotopic (exact) mass is 426 g/mol. The molecule has 0 saturated carbocycles. The second kappa shape index (κ2) is 8.43. The van der Waals surface area contributed by atoms with E-state index < -0.39 is 5.41 Å². The van der Waals surface area contributed by atoms with Crippen LogP contribution in [-0.4, -0.2) is 17.4 Å². The third-order valence-corrected chi connectivity index (χ3v) is 6.17. The van der Waals surface area contributed by atoms with Gasteiger partial charge in [0.05, 0.1) is 22.8 Å². The molecule has 0 radical (unpaired) electrons. The van der Waals surface area contributed by atoms with Crippen LogP contribution in [0.2, 0.25) is 0 Å². The zero-order chi connectivity index (χ0) is 22.9. The molecular formula is C26H26N4O2. The fourth-order valence-corrected chi connectivity index (χ4v) is 4.27. The van der Waals surface area contributed by atoms with Crippen molar-refractivity contribution in [2.75, 3.05) is 5.32 Å². The normalized spacial score (nSPS) is 17.6. The third kappa shape index (κ3) is 4.06. The van der Waals surface area contributed by atoms with E-state index in [0.717, 1.165) is 52.2 Å². The van der Waals surface area contributed by atoms with E-state index in [4.69, 9.17) is 5.26 Å². The predicted molar refractivity (Wildman–Crippen MR) is 124 cm³/mol. The van der Waals surface area contributed by atoms with Gasteiger partial charge in [0, 0.05) is 35.4 Å². The maximum absolute atomic E-state index is 12.7. The Hall–Kier alpha value is -3.72. The van der Waals surface area contributed by atoms with Crippen molar-refractivity contribution in [1.82, 2.24) is 5.43 Å². The molecule has 6 nitrogen and oxygen atoms in total. The van der Waals surface area contributed by atoms with Crippen LogP contribution in [0.15, 0.2) is 58.8 Å². The number of nitrogens with one attached hydrogen (secondary N) is 2. The van der Waals surface area contributed by atoms with Gasteiger partial charge in [0.15, 0.2) is 5.78 Å². The minimum absolute atomic E-state index is 0.106. The number of anilines is 1. The predicted octanol–water partition coefficient (Wildman–Crippen LogP) is 4.39. The van der Waals surface area contributed by atoms with Gasteiger partial charge in [-0.2, -0.15) is 10.4 Å². The van der Waals surface area contributed by atoms with Crippen molar-refractivity contribution in [3.8, 4) is 6.07 Å². The average Bonchev–Trinajstić information content (AvgIpc) is 3.03. The topological polar surface area (TPSA) is 94.3 Å². The van der Waals surface area contributed by atoms with Crippen molar-refractivity contribution in [1.29, 1.82) is 5.26 Å². The van der Waals surface area contributed by atoms with Gasteiger partial charge in [0.2, 0.25) is 0 Å². The number of carbonyl (C=O) groups is 2. The maximum Gasteiger partial charge on any atom is 0.251 e. The third-order valence-electron chi connectivity index (χ3n) is 6.17. The minimum atomic E-state index is -0.677. The first-order chi connectivity index (χ1) is 15.3. The second-order valence-electron chi connectivity index (χ2n) is 8.90. The number of allylic oxidation sites excluding steroid dienone is 2. The largest absolute Gasteiger partial charge is 0.359 e. The highest BCUT2D eigenvalue weighted by molar-refractivity contribution is 6.19. The van der Waals surface area contributed by atoms with Gasteiger partial charge in [-0.15, -0.1) is 0 Å². The quantitative estimate of drug-likeness (QED) is 0.741. The lowest BCUT2D eigenvalue weighted by Gasteiger charge is -2.22. The van der Waals surface area contributed by atoms with Crippen LogP contribution in [0, 0.1) is 23.7 Å². The standard InChI is InChI=1S/C26H26N4O2/c1-16-12-19(10-11-20(16)24-26(2,3)25(32)30-29-24)28-22-8-5-9-23(31)21(22)14-17-6-4-7-18(13-17)15-27/h4,6-7,10-13,28H,5,8-9,14H2,1-3H3,(H,30,32). The van der Waals surface area contributed by atoms with Crippen molar-refractivity contribution in [3.05, 3.63) is 76.0 Å². The fraction of sp³-hybridized carbons (Fsp3) is 0.308. The number of nitriles is 1. The van der Waals surface area contributed by atoms with Gasteiger partial charge in [-0.1, -0.05) is 18.2 Å². The summed E-state index contributed by atoms with van der Waals surface area (Å²) in [5.41, 5.74) is 8.74. The first-order valence-corrected chi connectivity index (χ1v) is 10.8. The molecule has 1 heterocycles. The number of ketones is 1. The molecule has 1 aliphatic carbocycles. The molecule has 0 bridgehead atoms. The number of hydrazone groups is 1. The number of hydrogen-bond acceptors (Lipinski definition) is 5. The van der Waals surface area contributed by atoms with Crippen LogP contribution < -0.4 is 10.7 Å². The Morgan fingerprint density at radius 2 is 1.97 bits per heavy atom. The van der Waals surface area contributed by atoms with E-state index in [9.17, 15) is 9.59 Å². The molecule has 32 heavy (non-hydrogen) atoms. The Balaban J connectivity index is 1.62. The Morgan fingerprint density at radius 3 is 2.66 bits per heavy atom. The number of Topliss-reactive ketones (excluding diaryl/α,β-unsaturated/α-hetero) is 1. The van der Waals surface area contributed by atoms with E-state index >= 15 is 0 Å². The summed E-state index contributed by atoms with van der Waals surface area (Å²) in [6.07, 6.45) is 2.68. The van der Waals surface area contributed by atoms with Crippen LogP contribution in [0.1, 0.15) is 55.4 Å². The molecule has 0 saturated heterocycles. The minimum Gasteiger partial charge on any atom is -0.359 e. The van der Waals surface area contributed by atoms with Crippen LogP contribution in [0.4, 0.5) is 5.69 Å². The van der Waals surface area contributed by atoms with Gasteiger partial charge in [0.1, 0.15) is 0 Å². The molecule has 0 spiro atoms. The molecule has 0 fully saturated rings. The van der Waals surface area contributed by atoms with Crippen LogP contribution in [0.5, 0.6) is 0 Å². The number of nitrogens with zero attached hydrogens (tertiary/aromatic N) is 2. The molecule has 2 N–H and O–H groups in total. The zero-order valence-electron chi connectivity index (χ0n) is 18.6. The first kappa shape index (κ1) is 21.5. The Labute approximate surface area is 188 Å². The Morgan fingerprint density at radius 1 is 1.16 bits per heavy atom. The van der Waals surface area contributed by atoms with E-state index in [1.54, 1.807) is 6.07 Å². The first-order valence-electron chi connectivity index (χ1n) is 10.8. The molecule has 1 aliphatic heterocycles. The van der Waals surface area contributed by atoms with Crippen molar-refractivity contribution < 1.29 is 9.59 Å². The van der Waals surface area contributed by atoms with Crippen molar-refractivity contribution in [2.24, 2.45) is 10.5 Å². The molecule has 2 aromatic rings. The Kier molecular flexibility index (Phi) is 5.67. The summed E-state index contributed by atoms with van der Waals surface area (Å²) >= 11 is 0. The molecule has 162 valence electrons. The summed E-state index contributed by atoms with van der Waals surface area (Å²) in [4.78, 5) is 24.8. The van der Waals surface area contributed by atoms with E-state index in [0.29, 0.717) is 18.4 Å². The molecular weight excluding hydrogens is 400 g/mol. The van der Waals surface area contributed by atoms with Gasteiger partial charge in [-0.05, 0) is 69.0 Å². The molecule has 2 aliphatic rings. The van der Waals surface area contributed by atoms with Crippen molar-refractivity contribution in [3.63, 3.8) is 0 Å². The summed E-state index contributed by atoms with van der Waals surface area (Å²) in [5, 5.41) is 16.9. The highest BCUT2D eigenvalue weighted by Gasteiger charge is 2.39. The lowest BCUT2D eigenvalue weighted by Crippen LogP contribution is -2.32. The number of benzene rings is 2. The Bertz CT molecular complexity index is 1210. The SMILES string of the molecule is Cc1cc(NC2=C(Cc3cccc(C#N)c3)C(=O)CCC2)ccc1C1=NNC(=O)C1(C)C. The fourth-order valence-electron chi connectivity index (χ4n) is 4.27. The highest BCUT2D eigenvalue weighted by Crippen LogP contribution is 2.31. The number of rotatable bonds is 5. The van der Waals surface area contributed by atoms with Gasteiger partial charge in [-0.25, -0.2) is 5.43 Å². The van der Waals surface area contributed by atoms with Crippen LogP contribution in [0.25, 0.3) is 0 Å². The number of amides is 1. The zero-order valence-corrected chi connectivity index (χ0v) is 18.6. The molecule has 1 amide bonds. The van der Waals surface area contributed by atoms with E-state index in [-0.39, 0.29) is 11.7 Å². The van der Waals surface area contributed by atoms with Gasteiger partial charge < -0.3 is 5.32 Å². The molecule has 0 atom stereocenters. The smallest absolute Gasteiger partial charge is 0.251 e. The molecule has 0 unspecified atom stereocenters. The van der Waals surface area contributed by atoms with Crippen molar-refractivity contribution in [2.45, 2.75) is 46.5 Å². The molecule has 2 aromatic carbocycles.